The van der Waals surface area contributed by atoms with Crippen LogP contribution < -0.4 is 5.32 Å². The van der Waals surface area contributed by atoms with E-state index in [4.69, 9.17) is 0 Å². The lowest BCUT2D eigenvalue weighted by molar-refractivity contribution is 0.0694. The van der Waals surface area contributed by atoms with E-state index in [9.17, 15) is 19.5 Å². The number of rotatable bonds is 8. The maximum atomic E-state index is 13.4. The van der Waals surface area contributed by atoms with Crippen molar-refractivity contribution in [1.82, 2.24) is 24.8 Å². The molecule has 1 aliphatic rings. The Labute approximate surface area is 197 Å². The van der Waals surface area contributed by atoms with Gasteiger partial charge in [-0.3, -0.25) is 9.59 Å². The van der Waals surface area contributed by atoms with Crippen molar-refractivity contribution in [3.63, 3.8) is 0 Å². The molecule has 2 amide bonds. The summed E-state index contributed by atoms with van der Waals surface area (Å²) < 4.78 is 1.44. The maximum Gasteiger partial charge on any atom is 0.335 e. The maximum absolute atomic E-state index is 13.4. The molecule has 2 heterocycles. The Hall–Kier alpha value is -3.75. The Morgan fingerprint density at radius 2 is 1.91 bits per heavy atom. The molecule has 4 rings (SSSR count). The van der Waals surface area contributed by atoms with Crippen molar-refractivity contribution in [1.29, 1.82) is 0 Å². The smallest absolute Gasteiger partial charge is 0.335 e. The van der Waals surface area contributed by atoms with Crippen LogP contribution in [0.4, 0.5) is 0 Å². The van der Waals surface area contributed by atoms with Crippen LogP contribution >= 0.6 is 0 Å². The van der Waals surface area contributed by atoms with Gasteiger partial charge < -0.3 is 15.3 Å². The molecular formula is C25H29N5O4. The van der Waals surface area contributed by atoms with E-state index in [-0.39, 0.29) is 34.8 Å². The molecule has 1 atom stereocenters. The van der Waals surface area contributed by atoms with Crippen LogP contribution in [0.15, 0.2) is 30.5 Å². The Bertz CT molecular complexity index is 1260. The van der Waals surface area contributed by atoms with Gasteiger partial charge in [-0.2, -0.15) is 5.10 Å². The molecule has 178 valence electrons. The zero-order valence-corrected chi connectivity index (χ0v) is 19.7. The van der Waals surface area contributed by atoms with Gasteiger partial charge in [0, 0.05) is 25.2 Å². The Morgan fingerprint density at radius 3 is 2.59 bits per heavy atom. The summed E-state index contributed by atoms with van der Waals surface area (Å²) in [5.41, 5.74) is 3.79. The molecule has 1 aromatic carbocycles. The fourth-order valence-corrected chi connectivity index (χ4v) is 4.70. The predicted octanol–water partition coefficient (Wildman–Crippen LogP) is 3.42. The van der Waals surface area contributed by atoms with E-state index in [0.29, 0.717) is 31.6 Å². The molecule has 3 aromatic rings. The third-order valence-corrected chi connectivity index (χ3v) is 6.31. The van der Waals surface area contributed by atoms with Crippen molar-refractivity contribution in [3.05, 3.63) is 64.1 Å². The number of amides is 2. The minimum atomic E-state index is -0.956. The number of carboxylic acids is 1. The summed E-state index contributed by atoms with van der Waals surface area (Å²) in [6.07, 6.45) is 4.57. The number of carboxylic acid groups (broad SMARTS) is 1. The van der Waals surface area contributed by atoms with Crippen LogP contribution in [0.3, 0.4) is 0 Å². The number of carbonyl (C=O) groups excluding carboxylic acids is 2. The SMILES string of the molecule is CCCN(CCC)C(=O)c1cc(C(=O)N[C@H]2CCc3c2ccc(C(=O)O)c3C)n2nccc2n1. The van der Waals surface area contributed by atoms with Gasteiger partial charge in [0.05, 0.1) is 17.8 Å². The third-order valence-electron chi connectivity index (χ3n) is 6.31. The van der Waals surface area contributed by atoms with Crippen LogP contribution in [-0.4, -0.2) is 55.5 Å². The zero-order chi connectivity index (χ0) is 24.4. The Morgan fingerprint density at radius 1 is 1.18 bits per heavy atom. The Balaban J connectivity index is 1.64. The molecule has 0 radical (unpaired) electrons. The molecule has 0 aliphatic heterocycles. The van der Waals surface area contributed by atoms with Crippen LogP contribution in [-0.2, 0) is 6.42 Å². The average molecular weight is 464 g/mol. The summed E-state index contributed by atoms with van der Waals surface area (Å²) >= 11 is 0. The minimum Gasteiger partial charge on any atom is -0.478 e. The second-order valence-corrected chi connectivity index (χ2v) is 8.60. The van der Waals surface area contributed by atoms with Crippen molar-refractivity contribution in [2.75, 3.05) is 13.1 Å². The molecule has 34 heavy (non-hydrogen) atoms. The van der Waals surface area contributed by atoms with Crippen molar-refractivity contribution in [2.45, 2.75) is 52.5 Å². The first-order chi connectivity index (χ1) is 16.3. The van der Waals surface area contributed by atoms with Crippen LogP contribution in [0.5, 0.6) is 0 Å². The number of benzene rings is 1. The molecule has 1 aliphatic carbocycles. The van der Waals surface area contributed by atoms with Crippen LogP contribution in [0, 0.1) is 6.92 Å². The summed E-state index contributed by atoms with van der Waals surface area (Å²) in [7, 11) is 0. The lowest BCUT2D eigenvalue weighted by Crippen LogP contribution is -2.34. The van der Waals surface area contributed by atoms with E-state index in [1.807, 2.05) is 13.8 Å². The number of nitrogens with zero attached hydrogens (tertiary/aromatic N) is 4. The number of hydrogen-bond acceptors (Lipinski definition) is 5. The topological polar surface area (TPSA) is 117 Å². The normalized spacial score (nSPS) is 14.7. The van der Waals surface area contributed by atoms with Gasteiger partial charge in [0.2, 0.25) is 0 Å². The van der Waals surface area contributed by atoms with E-state index in [1.54, 1.807) is 36.2 Å². The highest BCUT2D eigenvalue weighted by Crippen LogP contribution is 2.35. The Kier molecular flexibility index (Phi) is 6.63. The fraction of sp³-hybridized carbons (Fsp3) is 0.400. The minimum absolute atomic E-state index is 0.204. The molecule has 9 heteroatoms. The molecule has 9 nitrogen and oxygen atoms in total. The van der Waals surface area contributed by atoms with Crippen molar-refractivity contribution < 1.29 is 19.5 Å². The second kappa shape index (κ2) is 9.62. The predicted molar refractivity (Wildman–Crippen MR) is 126 cm³/mol. The first kappa shape index (κ1) is 23.4. The van der Waals surface area contributed by atoms with Gasteiger partial charge in [-0.05, 0) is 55.4 Å². The van der Waals surface area contributed by atoms with Gasteiger partial charge >= 0.3 is 5.97 Å². The largest absolute Gasteiger partial charge is 0.478 e. The molecular weight excluding hydrogens is 434 g/mol. The van der Waals surface area contributed by atoms with Gasteiger partial charge in [0.25, 0.3) is 11.8 Å². The highest BCUT2D eigenvalue weighted by molar-refractivity contribution is 5.98. The number of carbonyl (C=O) groups is 3. The van der Waals surface area contributed by atoms with Gasteiger partial charge in [0.15, 0.2) is 5.65 Å². The molecule has 2 aromatic heterocycles. The average Bonchev–Trinajstić information content (AvgIpc) is 3.45. The van der Waals surface area contributed by atoms with Crippen LogP contribution in [0.2, 0.25) is 0 Å². The van der Waals surface area contributed by atoms with Gasteiger partial charge in [-0.15, -0.1) is 0 Å². The van der Waals surface area contributed by atoms with Crippen molar-refractivity contribution in [3.8, 4) is 0 Å². The number of aromatic nitrogens is 3. The third kappa shape index (κ3) is 4.25. The van der Waals surface area contributed by atoms with Gasteiger partial charge in [-0.1, -0.05) is 19.9 Å². The quantitative estimate of drug-likeness (QED) is 0.529. The first-order valence-electron chi connectivity index (χ1n) is 11.7. The number of hydrogen-bond donors (Lipinski definition) is 2. The molecule has 0 saturated heterocycles. The summed E-state index contributed by atoms with van der Waals surface area (Å²) in [6.45, 7) is 7.08. The van der Waals surface area contributed by atoms with E-state index < -0.39 is 5.97 Å². The highest BCUT2D eigenvalue weighted by Gasteiger charge is 2.29. The number of fused-ring (bicyclic) bond motifs is 2. The molecule has 0 unspecified atom stereocenters. The first-order valence-corrected chi connectivity index (χ1v) is 11.7. The molecule has 0 bridgehead atoms. The number of aromatic carboxylic acids is 1. The summed E-state index contributed by atoms with van der Waals surface area (Å²) in [5, 5.41) is 16.7. The lowest BCUT2D eigenvalue weighted by Gasteiger charge is -2.21. The lowest BCUT2D eigenvalue weighted by atomic mass is 9.98. The molecule has 0 spiro atoms. The highest BCUT2D eigenvalue weighted by atomic mass is 16.4. The number of nitrogens with one attached hydrogen (secondary N) is 1. The van der Waals surface area contributed by atoms with E-state index in [0.717, 1.165) is 29.5 Å². The molecule has 2 N–H and O–H groups in total. The standard InChI is InChI=1S/C25H29N5O4/c1-4-12-29(13-5-2)24(32)20-14-21(30-22(27-20)10-11-26-30)23(31)28-19-9-8-16-15(3)17(25(33)34)6-7-18(16)19/h6-7,10-11,14,19H,4-5,8-9,12-13H2,1-3H3,(H,28,31)(H,33,34)/t19-/m0/s1. The summed E-state index contributed by atoms with van der Waals surface area (Å²) in [4.78, 5) is 44.2. The van der Waals surface area contributed by atoms with E-state index in [2.05, 4.69) is 15.4 Å². The van der Waals surface area contributed by atoms with Crippen molar-refractivity contribution >= 4 is 23.4 Å². The summed E-state index contributed by atoms with van der Waals surface area (Å²) in [6, 6.07) is 6.29. The molecule has 0 fully saturated rings. The van der Waals surface area contributed by atoms with Crippen molar-refractivity contribution in [2.24, 2.45) is 0 Å². The van der Waals surface area contributed by atoms with Gasteiger partial charge in [0.1, 0.15) is 11.4 Å². The second-order valence-electron chi connectivity index (χ2n) is 8.60. The summed E-state index contributed by atoms with van der Waals surface area (Å²) in [5.74, 6) is -1.52. The van der Waals surface area contributed by atoms with E-state index >= 15 is 0 Å². The molecule has 0 saturated carbocycles. The van der Waals surface area contributed by atoms with Gasteiger partial charge in [-0.25, -0.2) is 14.3 Å². The van der Waals surface area contributed by atoms with Crippen LogP contribution in [0.1, 0.15) is 87.2 Å². The monoisotopic (exact) mass is 463 g/mol. The fourth-order valence-electron chi connectivity index (χ4n) is 4.70. The van der Waals surface area contributed by atoms with Crippen LogP contribution in [0.25, 0.3) is 5.65 Å². The van der Waals surface area contributed by atoms with E-state index in [1.165, 1.54) is 10.6 Å². The zero-order valence-electron chi connectivity index (χ0n) is 19.7.